The minimum absolute atomic E-state index is 0.378. The van der Waals surface area contributed by atoms with Gasteiger partial charge in [-0.2, -0.15) is 5.26 Å². The van der Waals surface area contributed by atoms with Gasteiger partial charge in [0.15, 0.2) is 5.60 Å². The summed E-state index contributed by atoms with van der Waals surface area (Å²) < 4.78 is 0. The zero-order valence-electron chi connectivity index (χ0n) is 4.56. The van der Waals surface area contributed by atoms with Crippen LogP contribution in [-0.2, 0) is 5.11 Å². The first-order chi connectivity index (χ1) is 3.12. The SMILES string of the molecule is CCC(C)([O])C#N. The van der Waals surface area contributed by atoms with Gasteiger partial charge in [-0.15, -0.1) is 0 Å². The van der Waals surface area contributed by atoms with Crippen molar-refractivity contribution in [3.63, 3.8) is 0 Å². The van der Waals surface area contributed by atoms with Crippen molar-refractivity contribution in [3.8, 4) is 6.07 Å². The molecule has 0 amide bonds. The molecule has 1 unspecified atom stereocenters. The lowest BCUT2D eigenvalue weighted by Crippen LogP contribution is -2.16. The average Bonchev–Trinajstić information content (AvgIpc) is 1.68. The van der Waals surface area contributed by atoms with E-state index in [1.807, 2.05) is 0 Å². The van der Waals surface area contributed by atoms with Gasteiger partial charge in [0, 0.05) is 0 Å². The third-order valence-electron chi connectivity index (χ3n) is 0.911. The summed E-state index contributed by atoms with van der Waals surface area (Å²) in [6.07, 6.45) is 0.378. The van der Waals surface area contributed by atoms with E-state index < -0.39 is 5.60 Å². The Balaban J connectivity index is 3.66. The van der Waals surface area contributed by atoms with Crippen LogP contribution in [0.15, 0.2) is 0 Å². The fourth-order valence-electron chi connectivity index (χ4n) is 0.0791. The molecule has 2 heteroatoms. The highest BCUT2D eigenvalue weighted by molar-refractivity contribution is 4.94. The van der Waals surface area contributed by atoms with Crippen molar-refractivity contribution in [2.24, 2.45) is 0 Å². The molecule has 0 aliphatic heterocycles. The number of rotatable bonds is 1. The molecule has 0 bridgehead atoms. The van der Waals surface area contributed by atoms with Crippen LogP contribution in [0, 0.1) is 11.3 Å². The Labute approximate surface area is 43.4 Å². The molecule has 0 N–H and O–H groups in total. The molecule has 0 aromatic rings. The van der Waals surface area contributed by atoms with Gasteiger partial charge < -0.3 is 0 Å². The summed E-state index contributed by atoms with van der Waals surface area (Å²) in [5.74, 6) is 0. The monoisotopic (exact) mass is 98.1 g/mol. The summed E-state index contributed by atoms with van der Waals surface area (Å²) in [5, 5.41) is 18.5. The van der Waals surface area contributed by atoms with E-state index in [2.05, 4.69) is 0 Å². The Hall–Kier alpha value is -0.550. The normalized spacial score (nSPS) is 17.4. The molecule has 39 valence electrons. The van der Waals surface area contributed by atoms with Crippen LogP contribution in [0.2, 0.25) is 0 Å². The minimum Gasteiger partial charge on any atom is -0.213 e. The molecule has 0 spiro atoms. The van der Waals surface area contributed by atoms with Gasteiger partial charge in [-0.3, -0.25) is 0 Å². The quantitative estimate of drug-likeness (QED) is 0.484. The van der Waals surface area contributed by atoms with Crippen LogP contribution in [0.1, 0.15) is 20.3 Å². The van der Waals surface area contributed by atoms with Crippen LogP contribution in [0.25, 0.3) is 0 Å². The molecule has 2 nitrogen and oxygen atoms in total. The lowest BCUT2D eigenvalue weighted by Gasteiger charge is -2.03. The van der Waals surface area contributed by atoms with E-state index in [-0.39, 0.29) is 0 Å². The van der Waals surface area contributed by atoms with Gasteiger partial charge in [-0.25, -0.2) is 5.11 Å². The summed E-state index contributed by atoms with van der Waals surface area (Å²) >= 11 is 0. The first-order valence-electron chi connectivity index (χ1n) is 2.24. The highest BCUT2D eigenvalue weighted by Crippen LogP contribution is 2.05. The predicted octanol–water partition coefficient (Wildman–Crippen LogP) is 1.11. The van der Waals surface area contributed by atoms with Crippen molar-refractivity contribution in [1.82, 2.24) is 0 Å². The van der Waals surface area contributed by atoms with Crippen LogP contribution in [0.4, 0.5) is 0 Å². The standard InChI is InChI=1S/C5H8NO/c1-3-5(2,7)4-6/h3H2,1-2H3. The Morgan fingerprint density at radius 1 is 1.86 bits per heavy atom. The lowest BCUT2D eigenvalue weighted by molar-refractivity contribution is 0.0353. The maximum absolute atomic E-state index is 10.5. The Kier molecular flexibility index (Phi) is 1.79. The Morgan fingerprint density at radius 2 is 2.29 bits per heavy atom. The molecule has 0 aliphatic rings. The molecule has 7 heavy (non-hydrogen) atoms. The number of hydrogen-bond donors (Lipinski definition) is 0. The van der Waals surface area contributed by atoms with E-state index in [1.165, 1.54) is 6.92 Å². The van der Waals surface area contributed by atoms with Crippen molar-refractivity contribution < 1.29 is 5.11 Å². The van der Waals surface area contributed by atoms with Gasteiger partial charge in [0.25, 0.3) is 0 Å². The van der Waals surface area contributed by atoms with Crippen molar-refractivity contribution in [1.29, 1.82) is 5.26 Å². The van der Waals surface area contributed by atoms with Crippen LogP contribution in [-0.4, -0.2) is 5.60 Å². The second kappa shape index (κ2) is 1.94. The molecule has 0 saturated heterocycles. The highest BCUT2D eigenvalue weighted by Gasteiger charge is 2.17. The molecular weight excluding hydrogens is 90.1 g/mol. The zero-order valence-corrected chi connectivity index (χ0v) is 4.56. The fourth-order valence-corrected chi connectivity index (χ4v) is 0.0791. The van der Waals surface area contributed by atoms with Gasteiger partial charge in [0.1, 0.15) is 6.07 Å². The van der Waals surface area contributed by atoms with E-state index in [0.29, 0.717) is 6.42 Å². The largest absolute Gasteiger partial charge is 0.213 e. The molecule has 1 atom stereocenters. The third-order valence-corrected chi connectivity index (χ3v) is 0.911. The molecular formula is C5H8NO. The second-order valence-corrected chi connectivity index (χ2v) is 1.70. The van der Waals surface area contributed by atoms with Gasteiger partial charge in [0.05, 0.1) is 0 Å². The lowest BCUT2D eigenvalue weighted by atomic mass is 10.1. The van der Waals surface area contributed by atoms with E-state index in [1.54, 1.807) is 13.0 Å². The number of nitriles is 1. The first-order valence-corrected chi connectivity index (χ1v) is 2.24. The Morgan fingerprint density at radius 3 is 2.29 bits per heavy atom. The van der Waals surface area contributed by atoms with Gasteiger partial charge >= 0.3 is 0 Å². The molecule has 0 aliphatic carbocycles. The summed E-state index contributed by atoms with van der Waals surface area (Å²) in [4.78, 5) is 0. The fraction of sp³-hybridized carbons (Fsp3) is 0.800. The van der Waals surface area contributed by atoms with Gasteiger partial charge in [-0.05, 0) is 13.3 Å². The van der Waals surface area contributed by atoms with E-state index >= 15 is 0 Å². The molecule has 0 heterocycles. The predicted molar refractivity (Wildman–Crippen MR) is 25.0 cm³/mol. The molecule has 0 aromatic carbocycles. The maximum atomic E-state index is 10.5. The van der Waals surface area contributed by atoms with Crippen LogP contribution < -0.4 is 0 Å². The summed E-state index contributed by atoms with van der Waals surface area (Å²) in [6.45, 7) is 3.09. The first kappa shape index (κ1) is 6.45. The molecule has 0 aromatic heterocycles. The van der Waals surface area contributed by atoms with Crippen LogP contribution in [0.3, 0.4) is 0 Å². The zero-order chi connectivity index (χ0) is 5.91. The van der Waals surface area contributed by atoms with E-state index in [0.717, 1.165) is 0 Å². The summed E-state index contributed by atoms with van der Waals surface area (Å²) in [7, 11) is 0. The molecule has 0 fully saturated rings. The van der Waals surface area contributed by atoms with E-state index in [4.69, 9.17) is 5.26 Å². The van der Waals surface area contributed by atoms with Crippen LogP contribution >= 0.6 is 0 Å². The minimum atomic E-state index is -1.36. The highest BCUT2D eigenvalue weighted by atomic mass is 16.3. The number of nitrogens with zero attached hydrogens (tertiary/aromatic N) is 1. The average molecular weight is 98.1 g/mol. The molecule has 0 saturated carbocycles. The molecule has 1 radical (unpaired) electrons. The van der Waals surface area contributed by atoms with Gasteiger partial charge in [0.2, 0.25) is 0 Å². The van der Waals surface area contributed by atoms with Crippen molar-refractivity contribution in [2.45, 2.75) is 25.9 Å². The van der Waals surface area contributed by atoms with Crippen molar-refractivity contribution in [2.75, 3.05) is 0 Å². The van der Waals surface area contributed by atoms with Crippen LogP contribution in [0.5, 0.6) is 0 Å². The topological polar surface area (TPSA) is 43.7 Å². The third kappa shape index (κ3) is 2.18. The smallest absolute Gasteiger partial charge is 0.186 e. The molecule has 0 rings (SSSR count). The summed E-state index contributed by atoms with van der Waals surface area (Å²) in [5.41, 5.74) is -1.36. The second-order valence-electron chi connectivity index (χ2n) is 1.70. The van der Waals surface area contributed by atoms with Crippen molar-refractivity contribution >= 4 is 0 Å². The maximum Gasteiger partial charge on any atom is 0.186 e. The van der Waals surface area contributed by atoms with Gasteiger partial charge in [-0.1, -0.05) is 6.92 Å². The summed E-state index contributed by atoms with van der Waals surface area (Å²) in [6, 6.07) is 1.64. The van der Waals surface area contributed by atoms with Crippen molar-refractivity contribution in [3.05, 3.63) is 0 Å². The van der Waals surface area contributed by atoms with E-state index in [9.17, 15) is 5.11 Å². The number of hydrogen-bond acceptors (Lipinski definition) is 1. The Bertz CT molecular complexity index is 90.7.